The number of carbonyl (C=O) groups is 2. The summed E-state index contributed by atoms with van der Waals surface area (Å²) in [5.41, 5.74) is 8.66. The van der Waals surface area contributed by atoms with Gasteiger partial charge in [-0.3, -0.25) is 9.59 Å². The second-order valence-electron chi connectivity index (χ2n) is 8.47. The zero-order chi connectivity index (χ0) is 22.9. The minimum atomic E-state index is -1.04. The quantitative estimate of drug-likeness (QED) is 0.763. The fourth-order valence-corrected chi connectivity index (χ4v) is 4.25. The summed E-state index contributed by atoms with van der Waals surface area (Å²) in [7, 11) is 1.67. The van der Waals surface area contributed by atoms with Crippen LogP contribution in [0.5, 0.6) is 0 Å². The zero-order valence-corrected chi connectivity index (χ0v) is 17.9. The summed E-state index contributed by atoms with van der Waals surface area (Å²) in [6.07, 6.45) is 1.03. The summed E-state index contributed by atoms with van der Waals surface area (Å²) in [5, 5.41) is 12.4. The van der Waals surface area contributed by atoms with Crippen molar-refractivity contribution < 1.29 is 18.7 Å². The number of nitrogens with one attached hydrogen (secondary N) is 1. The van der Waals surface area contributed by atoms with Crippen molar-refractivity contribution in [1.82, 2.24) is 10.2 Å². The second kappa shape index (κ2) is 8.69. The highest BCUT2D eigenvalue weighted by molar-refractivity contribution is 6.02. The molecule has 0 spiro atoms. The SMILES string of the molecule is CN1Cc2cc(F)ccc2-c2ccc(C[C@@H](C#N)NC(=O)C3(N)CCOCC3)cc2C1=O. The molecule has 8 heteroatoms. The van der Waals surface area contributed by atoms with E-state index in [1.807, 2.05) is 12.1 Å². The number of halogens is 1. The van der Waals surface area contributed by atoms with Gasteiger partial charge in [-0.25, -0.2) is 4.39 Å². The van der Waals surface area contributed by atoms with E-state index in [0.29, 0.717) is 38.2 Å². The third-order valence-corrected chi connectivity index (χ3v) is 6.16. The molecule has 0 bridgehead atoms. The predicted octanol–water partition coefficient (Wildman–Crippen LogP) is 2.14. The molecule has 0 unspecified atom stereocenters. The van der Waals surface area contributed by atoms with Crippen LogP contribution in [-0.4, -0.2) is 48.6 Å². The van der Waals surface area contributed by atoms with Crippen molar-refractivity contribution in [3.63, 3.8) is 0 Å². The van der Waals surface area contributed by atoms with Gasteiger partial charge in [-0.05, 0) is 53.3 Å². The number of hydrogen-bond donors (Lipinski definition) is 2. The first kappa shape index (κ1) is 21.9. The Morgan fingerprint density at radius 2 is 1.97 bits per heavy atom. The van der Waals surface area contributed by atoms with Crippen LogP contribution in [-0.2, 0) is 22.5 Å². The minimum absolute atomic E-state index is 0.181. The number of amides is 2. The minimum Gasteiger partial charge on any atom is -0.381 e. The molecule has 7 nitrogen and oxygen atoms in total. The lowest BCUT2D eigenvalue weighted by molar-refractivity contribution is -0.130. The predicted molar refractivity (Wildman–Crippen MR) is 116 cm³/mol. The number of carbonyl (C=O) groups excluding carboxylic acids is 2. The monoisotopic (exact) mass is 436 g/mol. The number of benzene rings is 2. The third-order valence-electron chi connectivity index (χ3n) is 6.16. The molecule has 1 fully saturated rings. The molecule has 2 amide bonds. The van der Waals surface area contributed by atoms with E-state index in [9.17, 15) is 19.2 Å². The van der Waals surface area contributed by atoms with Gasteiger partial charge in [0.1, 0.15) is 11.9 Å². The highest BCUT2D eigenvalue weighted by Gasteiger charge is 2.37. The van der Waals surface area contributed by atoms with Crippen LogP contribution in [0.4, 0.5) is 4.39 Å². The topological polar surface area (TPSA) is 108 Å². The lowest BCUT2D eigenvalue weighted by atomic mass is 9.89. The first-order valence-corrected chi connectivity index (χ1v) is 10.5. The standard InChI is InChI=1S/C24H25FN4O3/c1-29-14-16-12-17(25)3-5-19(16)20-4-2-15(11-21(20)22(29)30)10-18(13-26)28-23(31)24(27)6-8-32-9-7-24/h2-5,11-12,18H,6-10,14,27H2,1H3,(H,28,31)/t18-/m0/s1. The maximum atomic E-state index is 13.8. The molecule has 1 atom stereocenters. The number of fused-ring (bicyclic) bond motifs is 3. The van der Waals surface area contributed by atoms with Gasteiger partial charge >= 0.3 is 0 Å². The van der Waals surface area contributed by atoms with Crippen molar-refractivity contribution >= 4 is 11.8 Å². The number of nitrogens with zero attached hydrogens (tertiary/aromatic N) is 2. The third kappa shape index (κ3) is 4.22. The van der Waals surface area contributed by atoms with Crippen molar-refractivity contribution in [2.24, 2.45) is 5.73 Å². The Morgan fingerprint density at radius 3 is 2.69 bits per heavy atom. The van der Waals surface area contributed by atoms with E-state index in [0.717, 1.165) is 22.3 Å². The lowest BCUT2D eigenvalue weighted by Gasteiger charge is -2.32. The van der Waals surface area contributed by atoms with Crippen molar-refractivity contribution in [2.45, 2.75) is 37.4 Å². The number of rotatable bonds is 4. The largest absolute Gasteiger partial charge is 0.381 e. The molecule has 4 rings (SSSR count). The van der Waals surface area contributed by atoms with E-state index >= 15 is 0 Å². The molecule has 166 valence electrons. The van der Waals surface area contributed by atoms with Crippen molar-refractivity contribution in [3.05, 3.63) is 58.9 Å². The highest BCUT2D eigenvalue weighted by atomic mass is 19.1. The van der Waals surface area contributed by atoms with Crippen molar-refractivity contribution in [3.8, 4) is 17.2 Å². The summed E-state index contributed by atoms with van der Waals surface area (Å²) in [6.45, 7) is 1.12. The maximum absolute atomic E-state index is 13.8. The van der Waals surface area contributed by atoms with E-state index < -0.39 is 11.6 Å². The fourth-order valence-electron chi connectivity index (χ4n) is 4.25. The van der Waals surface area contributed by atoms with Crippen LogP contribution in [0.25, 0.3) is 11.1 Å². The van der Waals surface area contributed by atoms with Crippen LogP contribution in [0.3, 0.4) is 0 Å². The van der Waals surface area contributed by atoms with Gasteiger partial charge in [0.25, 0.3) is 5.91 Å². The fraction of sp³-hybridized carbons (Fsp3) is 0.375. The molecule has 0 aliphatic carbocycles. The molecular weight excluding hydrogens is 411 g/mol. The Labute approximate surface area is 186 Å². The molecule has 0 saturated carbocycles. The summed E-state index contributed by atoms with van der Waals surface area (Å²) in [4.78, 5) is 27.2. The van der Waals surface area contributed by atoms with Crippen LogP contribution in [0.15, 0.2) is 36.4 Å². The average molecular weight is 436 g/mol. The van der Waals surface area contributed by atoms with Crippen LogP contribution in [0, 0.1) is 17.1 Å². The Morgan fingerprint density at radius 1 is 1.25 bits per heavy atom. The van der Waals surface area contributed by atoms with E-state index in [4.69, 9.17) is 10.5 Å². The van der Waals surface area contributed by atoms with E-state index in [-0.39, 0.29) is 24.1 Å². The molecule has 1 saturated heterocycles. The van der Waals surface area contributed by atoms with Gasteiger partial charge < -0.3 is 20.7 Å². The van der Waals surface area contributed by atoms with Gasteiger partial charge in [-0.15, -0.1) is 0 Å². The number of ether oxygens (including phenoxy) is 1. The van der Waals surface area contributed by atoms with Crippen LogP contribution in [0.2, 0.25) is 0 Å². The van der Waals surface area contributed by atoms with E-state index in [2.05, 4.69) is 11.4 Å². The summed E-state index contributed by atoms with van der Waals surface area (Å²) in [6, 6.07) is 11.2. The van der Waals surface area contributed by atoms with Gasteiger partial charge in [0.05, 0.1) is 11.6 Å². The van der Waals surface area contributed by atoms with Gasteiger partial charge in [0, 0.05) is 38.8 Å². The summed E-state index contributed by atoms with van der Waals surface area (Å²) < 4.78 is 19.0. The highest BCUT2D eigenvalue weighted by Crippen LogP contribution is 2.33. The van der Waals surface area contributed by atoms with E-state index in [1.54, 1.807) is 24.1 Å². The molecule has 2 heterocycles. The number of nitrogens with two attached hydrogens (primary N) is 1. The Balaban J connectivity index is 1.59. The maximum Gasteiger partial charge on any atom is 0.254 e. The molecule has 0 radical (unpaired) electrons. The molecule has 2 aliphatic heterocycles. The number of nitriles is 1. The molecule has 2 aliphatic rings. The molecule has 0 aromatic heterocycles. The summed E-state index contributed by atoms with van der Waals surface area (Å²) in [5.74, 6) is -0.896. The molecule has 2 aromatic carbocycles. The van der Waals surface area contributed by atoms with Crippen molar-refractivity contribution in [2.75, 3.05) is 20.3 Å². The van der Waals surface area contributed by atoms with Crippen LogP contribution in [0.1, 0.15) is 34.3 Å². The Hall–Kier alpha value is -3.28. The molecule has 3 N–H and O–H groups in total. The van der Waals surface area contributed by atoms with Gasteiger partial charge in [-0.1, -0.05) is 18.2 Å². The first-order valence-electron chi connectivity index (χ1n) is 10.5. The Bertz CT molecular complexity index is 1100. The first-order chi connectivity index (χ1) is 15.3. The smallest absolute Gasteiger partial charge is 0.254 e. The molecular formula is C24H25FN4O3. The van der Waals surface area contributed by atoms with Crippen LogP contribution < -0.4 is 11.1 Å². The van der Waals surface area contributed by atoms with Gasteiger partial charge in [-0.2, -0.15) is 5.26 Å². The zero-order valence-electron chi connectivity index (χ0n) is 17.9. The second-order valence-corrected chi connectivity index (χ2v) is 8.47. The van der Waals surface area contributed by atoms with E-state index in [1.165, 1.54) is 12.1 Å². The molecule has 2 aromatic rings. The average Bonchev–Trinajstić information content (AvgIpc) is 2.88. The van der Waals surface area contributed by atoms with Crippen molar-refractivity contribution in [1.29, 1.82) is 5.26 Å². The number of hydrogen-bond acceptors (Lipinski definition) is 5. The van der Waals surface area contributed by atoms with Crippen LogP contribution >= 0.6 is 0 Å². The molecule has 32 heavy (non-hydrogen) atoms. The normalized spacial score (nSPS) is 18.1. The summed E-state index contributed by atoms with van der Waals surface area (Å²) >= 11 is 0. The lowest BCUT2D eigenvalue weighted by Crippen LogP contribution is -2.58. The van der Waals surface area contributed by atoms with Gasteiger partial charge in [0.15, 0.2) is 0 Å². The Kier molecular flexibility index (Phi) is 5.96. The van der Waals surface area contributed by atoms with Gasteiger partial charge in [0.2, 0.25) is 5.91 Å².